The van der Waals surface area contributed by atoms with Crippen molar-refractivity contribution in [3.05, 3.63) is 10.7 Å². The summed E-state index contributed by atoms with van der Waals surface area (Å²) in [6.45, 7) is 0. The molecule has 1 heterocycles. The van der Waals surface area contributed by atoms with E-state index in [4.69, 9.17) is 23.2 Å². The summed E-state index contributed by atoms with van der Waals surface area (Å²) in [4.78, 5) is 22.0. The van der Waals surface area contributed by atoms with Gasteiger partial charge in [-0.25, -0.2) is 9.52 Å². The number of aromatic nitrogens is 2. The molecule has 0 aromatic carbocycles. The van der Waals surface area contributed by atoms with Crippen molar-refractivity contribution in [2.45, 2.75) is 5.03 Å². The van der Waals surface area contributed by atoms with E-state index in [-0.39, 0.29) is 5.15 Å². The van der Waals surface area contributed by atoms with Crippen LogP contribution in [-0.2, 0) is 21.8 Å². The lowest BCUT2D eigenvalue weighted by Crippen LogP contribution is -2.32. The van der Waals surface area contributed by atoms with Crippen molar-refractivity contribution in [2.75, 3.05) is 7.11 Å². The van der Waals surface area contributed by atoms with Crippen molar-refractivity contribution in [3.63, 3.8) is 0 Å². The van der Waals surface area contributed by atoms with Crippen LogP contribution in [0.5, 0.6) is 0 Å². The van der Waals surface area contributed by atoms with Crippen molar-refractivity contribution < 1.29 is 22.7 Å². The van der Waals surface area contributed by atoms with Gasteiger partial charge in [0.15, 0.2) is 10.2 Å². The van der Waals surface area contributed by atoms with Gasteiger partial charge < -0.3 is 4.74 Å². The minimum absolute atomic E-state index is 0.386. The number of carbonyl (C=O) groups excluding carboxylic acids is 2. The molecule has 1 rings (SSSR count). The fourth-order valence-electron chi connectivity index (χ4n) is 1.15. The van der Waals surface area contributed by atoms with E-state index in [1.807, 2.05) is 0 Å². The highest BCUT2D eigenvalue weighted by molar-refractivity contribution is 7.90. The predicted octanol–water partition coefficient (Wildman–Crippen LogP) is 0.497. The smallest absolute Gasteiger partial charge is 0.420 e. The van der Waals surface area contributed by atoms with Crippen molar-refractivity contribution >= 4 is 44.6 Å². The second kappa shape index (κ2) is 5.12. The van der Waals surface area contributed by atoms with Crippen LogP contribution in [0.15, 0.2) is 5.03 Å². The first-order chi connectivity index (χ1) is 8.20. The number of amides is 1. The molecule has 0 unspecified atom stereocenters. The Morgan fingerprint density at radius 3 is 2.44 bits per heavy atom. The molecular formula is C7H7Cl2N3O5S. The molecule has 0 bridgehead atoms. The topological polar surface area (TPSA) is 107 Å². The summed E-state index contributed by atoms with van der Waals surface area (Å²) in [5, 5.41) is 1.41. The van der Waals surface area contributed by atoms with E-state index in [1.165, 1.54) is 7.05 Å². The van der Waals surface area contributed by atoms with Gasteiger partial charge in [-0.3, -0.25) is 9.48 Å². The molecule has 1 amide bonds. The normalized spacial score (nSPS) is 11.1. The Hall–Kier alpha value is -1.32. The third-order valence-corrected chi connectivity index (χ3v) is 3.67. The first kappa shape index (κ1) is 14.7. The largest absolute Gasteiger partial charge is 0.452 e. The molecule has 0 radical (unpaired) electrons. The molecule has 0 atom stereocenters. The highest BCUT2D eigenvalue weighted by Gasteiger charge is 2.31. The van der Waals surface area contributed by atoms with Crippen LogP contribution >= 0.6 is 23.2 Å². The van der Waals surface area contributed by atoms with Gasteiger partial charge in [-0.05, 0) is 11.6 Å². The molecule has 100 valence electrons. The molecule has 0 aliphatic heterocycles. The lowest BCUT2D eigenvalue weighted by molar-refractivity contribution is 0.107. The number of methoxy groups -OCH3 is 1. The average Bonchev–Trinajstić information content (AvgIpc) is 2.53. The maximum atomic E-state index is 11.8. The van der Waals surface area contributed by atoms with Crippen LogP contribution in [0.4, 0.5) is 4.79 Å². The fraction of sp³-hybridized carbons (Fsp3) is 0.286. The van der Waals surface area contributed by atoms with E-state index in [2.05, 4.69) is 9.84 Å². The van der Waals surface area contributed by atoms with Crippen molar-refractivity contribution in [2.24, 2.45) is 7.05 Å². The third kappa shape index (κ3) is 2.74. The number of nitrogens with zero attached hydrogens (tertiary/aromatic N) is 2. The third-order valence-electron chi connectivity index (χ3n) is 1.81. The zero-order valence-electron chi connectivity index (χ0n) is 9.10. The number of hydrogen-bond acceptors (Lipinski definition) is 6. The summed E-state index contributed by atoms with van der Waals surface area (Å²) >= 11 is 10.8. The molecule has 1 aromatic rings. The minimum atomic E-state index is -4.37. The Bertz CT molecular complexity index is 609. The quantitative estimate of drug-likeness (QED) is 0.814. The van der Waals surface area contributed by atoms with Gasteiger partial charge in [0.25, 0.3) is 15.3 Å². The fourth-order valence-corrected chi connectivity index (χ4v) is 3.02. The zero-order chi connectivity index (χ0) is 14.1. The van der Waals surface area contributed by atoms with Crippen LogP contribution in [0.3, 0.4) is 0 Å². The molecule has 8 nitrogen and oxygen atoms in total. The molecule has 0 fully saturated rings. The molecular weight excluding hydrogens is 309 g/mol. The molecule has 1 N–H and O–H groups in total. The second-order valence-electron chi connectivity index (χ2n) is 2.97. The summed E-state index contributed by atoms with van der Waals surface area (Å²) in [6.07, 6.45) is -1.22. The van der Waals surface area contributed by atoms with E-state index < -0.39 is 31.9 Å². The molecule has 0 saturated carbocycles. The van der Waals surface area contributed by atoms with Gasteiger partial charge in [-0.15, -0.1) is 0 Å². The Kier molecular flexibility index (Phi) is 4.20. The Morgan fingerprint density at radius 2 is 2.00 bits per heavy atom. The van der Waals surface area contributed by atoms with E-state index in [1.54, 1.807) is 4.72 Å². The highest BCUT2D eigenvalue weighted by atomic mass is 35.5. The highest BCUT2D eigenvalue weighted by Crippen LogP contribution is 2.24. The Morgan fingerprint density at radius 1 is 1.44 bits per heavy atom. The standard InChI is InChI=1S/C7H7Cl2N3O5S/c1-12-6(3(5(9)13)4(8)10-12)18(15,16)11-7(14)17-2/h1-2H3,(H,11,14). The van der Waals surface area contributed by atoms with Crippen molar-refractivity contribution in [1.82, 2.24) is 14.5 Å². The average molecular weight is 316 g/mol. The van der Waals surface area contributed by atoms with Crippen LogP contribution in [0.2, 0.25) is 5.15 Å². The number of nitrogens with one attached hydrogen (secondary N) is 1. The van der Waals surface area contributed by atoms with Crippen molar-refractivity contribution in [3.8, 4) is 0 Å². The van der Waals surface area contributed by atoms with E-state index in [0.29, 0.717) is 0 Å². The van der Waals surface area contributed by atoms with Gasteiger partial charge in [0.2, 0.25) is 0 Å². The maximum Gasteiger partial charge on any atom is 0.420 e. The van der Waals surface area contributed by atoms with Gasteiger partial charge in [0, 0.05) is 7.05 Å². The number of hydrogen-bond donors (Lipinski definition) is 1. The number of ether oxygens (including phenoxy) is 1. The zero-order valence-corrected chi connectivity index (χ0v) is 11.4. The number of aryl methyl sites for hydroxylation is 1. The Labute approximate surface area is 112 Å². The predicted molar refractivity (Wildman–Crippen MR) is 61.1 cm³/mol. The molecule has 0 saturated heterocycles. The molecule has 0 aliphatic rings. The van der Waals surface area contributed by atoms with Gasteiger partial charge in [0.1, 0.15) is 5.56 Å². The van der Waals surface area contributed by atoms with Gasteiger partial charge in [-0.2, -0.15) is 13.5 Å². The number of rotatable bonds is 3. The molecule has 18 heavy (non-hydrogen) atoms. The summed E-state index contributed by atoms with van der Waals surface area (Å²) in [5.74, 6) is 0. The first-order valence-corrected chi connectivity index (χ1v) is 6.47. The SMILES string of the molecule is COC(=O)NS(=O)(=O)c1c(C(=O)Cl)c(Cl)nn1C. The van der Waals surface area contributed by atoms with Gasteiger partial charge in [0.05, 0.1) is 7.11 Å². The molecule has 11 heteroatoms. The van der Waals surface area contributed by atoms with E-state index in [9.17, 15) is 18.0 Å². The summed E-state index contributed by atoms with van der Waals surface area (Å²) in [6, 6.07) is 0. The van der Waals surface area contributed by atoms with Crippen LogP contribution in [0.1, 0.15) is 10.4 Å². The maximum absolute atomic E-state index is 11.8. The monoisotopic (exact) mass is 315 g/mol. The summed E-state index contributed by atoms with van der Waals surface area (Å²) < 4.78 is 30.1. The first-order valence-electron chi connectivity index (χ1n) is 4.23. The van der Waals surface area contributed by atoms with Crippen LogP contribution in [0.25, 0.3) is 0 Å². The lowest BCUT2D eigenvalue weighted by Gasteiger charge is -2.06. The van der Waals surface area contributed by atoms with Crippen LogP contribution in [0, 0.1) is 0 Å². The van der Waals surface area contributed by atoms with Crippen LogP contribution < -0.4 is 4.72 Å². The lowest BCUT2D eigenvalue weighted by atomic mass is 10.4. The number of carbonyl (C=O) groups is 2. The summed E-state index contributed by atoms with van der Waals surface area (Å²) in [5.41, 5.74) is -0.516. The number of sulfonamides is 1. The molecule has 0 aliphatic carbocycles. The number of halogens is 2. The molecule has 1 aromatic heterocycles. The minimum Gasteiger partial charge on any atom is -0.452 e. The van der Waals surface area contributed by atoms with Crippen molar-refractivity contribution in [1.29, 1.82) is 0 Å². The van der Waals surface area contributed by atoms with E-state index in [0.717, 1.165) is 11.8 Å². The van der Waals surface area contributed by atoms with Gasteiger partial charge >= 0.3 is 6.09 Å². The molecule has 0 spiro atoms. The van der Waals surface area contributed by atoms with Gasteiger partial charge in [-0.1, -0.05) is 11.6 Å². The summed E-state index contributed by atoms with van der Waals surface area (Å²) in [7, 11) is -2.17. The Balaban J connectivity index is 3.41. The second-order valence-corrected chi connectivity index (χ2v) is 5.26. The van der Waals surface area contributed by atoms with Crippen LogP contribution in [-0.4, -0.2) is 36.6 Å². The van der Waals surface area contributed by atoms with E-state index >= 15 is 0 Å².